The molecule has 0 heterocycles. The van der Waals surface area contributed by atoms with Gasteiger partial charge in [0.15, 0.2) is 11.5 Å². The summed E-state index contributed by atoms with van der Waals surface area (Å²) < 4.78 is 497. The first kappa shape index (κ1) is 76.4. The SMILES string of the molecule is CO[Si](CCCCC(=O)OC(C)c1cc(OCCCC(F)(F)C(F)(F)C(F)(F)C(F)(F)C(F)(F)C(F)(F)C(F)(F)C(F)(F)F)c(OCCCC(F)(F)C(F)(F)C(F)(F)C(F)(F)C(F)(F)C(F)(F)C(F)(F)C(F)(F)F)cc1[N+](=O)[O-])(OC)OC. The van der Waals surface area contributed by atoms with Crippen LogP contribution in [0.1, 0.15) is 63.5 Å². The number of hydrogen-bond donors (Lipinski definition) is 0. The van der Waals surface area contributed by atoms with Gasteiger partial charge in [-0.3, -0.25) is 14.9 Å². The summed E-state index contributed by atoms with van der Waals surface area (Å²) in [5.41, 5.74) is -2.53. The number of hydrogen-bond acceptors (Lipinski definition) is 9. The first-order valence-corrected chi connectivity index (χ1v) is 23.3. The van der Waals surface area contributed by atoms with Crippen molar-refractivity contribution < 1.29 is 186 Å². The lowest BCUT2D eigenvalue weighted by molar-refractivity contribution is -0.461. The van der Waals surface area contributed by atoms with Gasteiger partial charge in [0.2, 0.25) is 0 Å². The zero-order chi connectivity index (χ0) is 66.3. The molecule has 0 N–H and O–H groups in total. The van der Waals surface area contributed by atoms with Crippen LogP contribution in [0.4, 0.5) is 155 Å². The average molecular weight is 1320 g/mol. The molecule has 0 spiro atoms. The van der Waals surface area contributed by atoms with E-state index in [1.165, 1.54) is 21.3 Å². The summed E-state index contributed by atoms with van der Waals surface area (Å²) in [6.45, 7) is -3.24. The minimum atomic E-state index is -9.02. The topological polar surface area (TPSA) is 116 Å². The maximum atomic E-state index is 14.6. The molecular weight excluding hydrogens is 1290 g/mol. The van der Waals surface area contributed by atoms with Crippen molar-refractivity contribution in [2.45, 2.75) is 159 Å². The molecule has 1 atom stereocenters. The lowest BCUT2D eigenvalue weighted by Gasteiger charge is -2.42. The van der Waals surface area contributed by atoms with Crippen LogP contribution in [0, 0.1) is 10.1 Å². The van der Waals surface area contributed by atoms with Crippen LogP contribution in [0.5, 0.6) is 11.5 Å². The first-order chi connectivity index (χ1) is 36.6. The third-order valence-electron chi connectivity index (χ3n) is 11.4. The van der Waals surface area contributed by atoms with Gasteiger partial charge in [-0.05, 0) is 38.7 Å². The van der Waals surface area contributed by atoms with Crippen molar-refractivity contribution in [3.63, 3.8) is 0 Å². The molecule has 0 aromatic heterocycles. The highest BCUT2D eigenvalue weighted by molar-refractivity contribution is 6.60. The number of nitro groups is 1. The third-order valence-corrected chi connectivity index (χ3v) is 14.3. The predicted octanol–water partition coefficient (Wildman–Crippen LogP) is 15.6. The van der Waals surface area contributed by atoms with Gasteiger partial charge in [-0.1, -0.05) is 0 Å². The number of alkyl halides is 34. The molecule has 0 amide bonds. The Bertz CT molecular complexity index is 2370. The molecule has 488 valence electrons. The van der Waals surface area contributed by atoms with Crippen molar-refractivity contribution in [1.82, 2.24) is 0 Å². The van der Waals surface area contributed by atoms with Gasteiger partial charge in [0, 0.05) is 46.6 Å². The summed E-state index contributed by atoms with van der Waals surface area (Å²) in [5, 5.41) is 12.1. The maximum absolute atomic E-state index is 14.6. The summed E-state index contributed by atoms with van der Waals surface area (Å²) in [7, 11) is 0.260. The summed E-state index contributed by atoms with van der Waals surface area (Å²) >= 11 is 0. The number of nitrogens with zero attached hydrogens (tertiary/aromatic N) is 1. The van der Waals surface area contributed by atoms with Gasteiger partial charge < -0.3 is 27.5 Å². The van der Waals surface area contributed by atoms with E-state index in [1.807, 2.05) is 0 Å². The molecule has 1 unspecified atom stereocenters. The quantitative estimate of drug-likeness (QED) is 0.0169. The molecule has 0 saturated carbocycles. The average Bonchev–Trinajstić information content (AvgIpc) is 3.32. The second-order valence-electron chi connectivity index (χ2n) is 17.0. The standard InChI is InChI=1S/C38H35F34NO9Si/c1-17(82-22(74)9-5-6-14-83(77-2,78-3)79-4)18-15-20(80-12-7-10-23(39,40)25(43,44)27(47,48)29(51,52)31(55,56)33(59,60)35(63,64)37(67,68)69)21(16-19(18)73(75)76)81-13-8-11-24(41,42)26(45,46)28(49,50)30(53,54)32(57,58)34(61,62)36(65,66)38(70,71)72/h15-17H,5-14H2,1-4H3. The van der Waals surface area contributed by atoms with Crippen LogP contribution in [0.25, 0.3) is 0 Å². The second-order valence-corrected chi connectivity index (χ2v) is 20.0. The lowest BCUT2D eigenvalue weighted by atomic mass is 9.88. The summed E-state index contributed by atoms with van der Waals surface area (Å²) in [6, 6.07) is 0.0585. The van der Waals surface area contributed by atoms with Gasteiger partial charge >= 0.3 is 110 Å². The highest BCUT2D eigenvalue weighted by Gasteiger charge is 2.97. The van der Waals surface area contributed by atoms with Crippen molar-refractivity contribution in [3.8, 4) is 11.5 Å². The van der Waals surface area contributed by atoms with Gasteiger partial charge in [0.05, 0.1) is 29.8 Å². The van der Waals surface area contributed by atoms with Crippen LogP contribution >= 0.6 is 0 Å². The summed E-state index contributed by atoms with van der Waals surface area (Å²) in [6.07, 6.45) is -29.7. The van der Waals surface area contributed by atoms with E-state index in [4.69, 9.17) is 22.8 Å². The van der Waals surface area contributed by atoms with E-state index >= 15 is 0 Å². The Morgan fingerprint density at radius 3 is 1.04 bits per heavy atom. The van der Waals surface area contributed by atoms with Gasteiger partial charge in [0.25, 0.3) is 5.69 Å². The van der Waals surface area contributed by atoms with Crippen LogP contribution in [0.15, 0.2) is 12.1 Å². The Morgan fingerprint density at radius 2 is 0.747 bits per heavy atom. The van der Waals surface area contributed by atoms with E-state index in [0.717, 1.165) is 6.92 Å². The zero-order valence-corrected chi connectivity index (χ0v) is 41.8. The van der Waals surface area contributed by atoms with Gasteiger partial charge in [0.1, 0.15) is 6.10 Å². The molecule has 0 saturated heterocycles. The molecule has 1 rings (SSSR count). The van der Waals surface area contributed by atoms with Crippen LogP contribution in [0.2, 0.25) is 6.04 Å². The maximum Gasteiger partial charge on any atom is 0.500 e. The Morgan fingerprint density at radius 1 is 0.458 bits per heavy atom. The van der Waals surface area contributed by atoms with Crippen LogP contribution in [-0.2, 0) is 22.8 Å². The number of halogens is 34. The predicted molar refractivity (Wildman–Crippen MR) is 204 cm³/mol. The summed E-state index contributed by atoms with van der Waals surface area (Å²) in [5.74, 6) is -123. The van der Waals surface area contributed by atoms with Crippen LogP contribution < -0.4 is 9.47 Å². The molecule has 0 fully saturated rings. The Kier molecular flexibility index (Phi) is 22.4. The minimum absolute atomic E-state index is 0.0220. The Balaban J connectivity index is 3.79. The largest absolute Gasteiger partial charge is 0.500 e. The van der Waals surface area contributed by atoms with Gasteiger partial charge in [-0.15, -0.1) is 0 Å². The van der Waals surface area contributed by atoms with E-state index < -0.39 is 189 Å². The molecule has 10 nitrogen and oxygen atoms in total. The number of esters is 1. The molecule has 0 aliphatic carbocycles. The number of unbranched alkanes of at least 4 members (excludes halogenated alkanes) is 1. The summed E-state index contributed by atoms with van der Waals surface area (Å²) in [4.78, 5) is 23.2. The van der Waals surface area contributed by atoms with Gasteiger partial charge in [-0.25, -0.2) is 0 Å². The van der Waals surface area contributed by atoms with Crippen molar-refractivity contribution >= 4 is 20.5 Å². The molecule has 83 heavy (non-hydrogen) atoms. The number of carbonyl (C=O) groups is 1. The fourth-order valence-electron chi connectivity index (χ4n) is 6.42. The molecule has 0 radical (unpaired) electrons. The highest BCUT2D eigenvalue weighted by atomic mass is 28.4. The minimum Gasteiger partial charge on any atom is -0.490 e. The van der Waals surface area contributed by atoms with E-state index in [-0.39, 0.29) is 31.0 Å². The van der Waals surface area contributed by atoms with Crippen molar-refractivity contribution in [1.29, 1.82) is 0 Å². The molecule has 0 bridgehead atoms. The normalized spacial score (nSPS) is 15.6. The molecule has 45 heteroatoms. The molecular formula is C38H35F34NO9Si. The fraction of sp³-hybridized carbons (Fsp3) is 0.816. The molecule has 1 aromatic rings. The van der Waals surface area contributed by atoms with Crippen molar-refractivity contribution in [3.05, 3.63) is 27.8 Å². The molecule has 0 aliphatic heterocycles. The lowest BCUT2D eigenvalue weighted by Crippen LogP contribution is -2.74. The van der Waals surface area contributed by atoms with E-state index in [1.54, 1.807) is 0 Å². The van der Waals surface area contributed by atoms with Crippen molar-refractivity contribution in [2.75, 3.05) is 34.5 Å². The molecule has 0 aliphatic rings. The number of nitro benzene ring substituents is 1. The Hall–Kier alpha value is -4.59. The Labute approximate surface area is 440 Å². The monoisotopic (exact) mass is 1320 g/mol. The van der Waals surface area contributed by atoms with E-state index in [2.05, 4.69) is 4.74 Å². The van der Waals surface area contributed by atoms with Crippen molar-refractivity contribution in [2.24, 2.45) is 0 Å². The fourth-order valence-corrected chi connectivity index (χ4v) is 8.22. The molecule has 1 aromatic carbocycles. The van der Waals surface area contributed by atoms with Gasteiger partial charge in [-0.2, -0.15) is 149 Å². The third kappa shape index (κ3) is 13.2. The highest BCUT2D eigenvalue weighted by Crippen LogP contribution is 2.66. The number of rotatable bonds is 33. The smallest absolute Gasteiger partial charge is 0.490 e. The number of carbonyl (C=O) groups excluding carboxylic acids is 1. The van der Waals surface area contributed by atoms with Crippen LogP contribution in [0.3, 0.4) is 0 Å². The number of benzene rings is 1. The van der Waals surface area contributed by atoms with E-state index in [0.29, 0.717) is 0 Å². The number of ether oxygens (including phenoxy) is 3. The van der Waals surface area contributed by atoms with E-state index in [9.17, 15) is 164 Å². The zero-order valence-electron chi connectivity index (χ0n) is 40.8. The first-order valence-electron chi connectivity index (χ1n) is 21.4. The second kappa shape index (κ2) is 24.3. The van der Waals surface area contributed by atoms with Crippen LogP contribution in [-0.4, -0.2) is 150 Å².